The van der Waals surface area contributed by atoms with E-state index in [4.69, 9.17) is 0 Å². The van der Waals surface area contributed by atoms with Crippen LogP contribution in [0.15, 0.2) is 36.5 Å². The SMILES string of the molecule is CN1CC=Cc2ccc3cccnc3c21. The van der Waals surface area contributed by atoms with Crippen LogP contribution in [0, 0.1) is 0 Å². The number of nitrogens with zero attached hydrogens (tertiary/aromatic N) is 2. The molecule has 2 nitrogen and oxygen atoms in total. The summed E-state index contributed by atoms with van der Waals surface area (Å²) in [5, 5.41) is 1.21. The lowest BCUT2D eigenvalue weighted by atomic mass is 10.0. The first-order valence-electron chi connectivity index (χ1n) is 5.12. The fourth-order valence-corrected chi connectivity index (χ4v) is 2.11. The van der Waals surface area contributed by atoms with Crippen LogP contribution in [-0.4, -0.2) is 18.6 Å². The number of aromatic nitrogens is 1. The lowest BCUT2D eigenvalue weighted by molar-refractivity contribution is 1.02. The predicted molar refractivity (Wildman–Crippen MR) is 64.0 cm³/mol. The van der Waals surface area contributed by atoms with Crippen LogP contribution in [0.1, 0.15) is 5.56 Å². The maximum atomic E-state index is 4.47. The van der Waals surface area contributed by atoms with Crippen LogP contribution in [-0.2, 0) is 0 Å². The van der Waals surface area contributed by atoms with Crippen LogP contribution in [0.5, 0.6) is 0 Å². The van der Waals surface area contributed by atoms with Gasteiger partial charge in [-0.3, -0.25) is 4.98 Å². The van der Waals surface area contributed by atoms with Gasteiger partial charge in [-0.15, -0.1) is 0 Å². The van der Waals surface area contributed by atoms with Crippen molar-refractivity contribution >= 4 is 22.7 Å². The van der Waals surface area contributed by atoms with Crippen LogP contribution >= 0.6 is 0 Å². The lowest BCUT2D eigenvalue weighted by Gasteiger charge is -2.24. The van der Waals surface area contributed by atoms with Gasteiger partial charge < -0.3 is 4.90 Å². The monoisotopic (exact) mass is 196 g/mol. The van der Waals surface area contributed by atoms with Crippen molar-refractivity contribution in [3.63, 3.8) is 0 Å². The zero-order valence-electron chi connectivity index (χ0n) is 8.64. The summed E-state index contributed by atoms with van der Waals surface area (Å²) in [5.74, 6) is 0. The minimum absolute atomic E-state index is 0.961. The highest BCUT2D eigenvalue weighted by Gasteiger charge is 2.13. The zero-order valence-corrected chi connectivity index (χ0v) is 8.64. The first-order valence-corrected chi connectivity index (χ1v) is 5.12. The van der Waals surface area contributed by atoms with Crippen LogP contribution in [0.2, 0.25) is 0 Å². The molecule has 1 aromatic carbocycles. The largest absolute Gasteiger partial charge is 0.369 e. The summed E-state index contributed by atoms with van der Waals surface area (Å²) < 4.78 is 0. The van der Waals surface area contributed by atoms with E-state index in [1.165, 1.54) is 16.6 Å². The summed E-state index contributed by atoms with van der Waals surface area (Å²) in [7, 11) is 2.11. The van der Waals surface area contributed by atoms with Crippen LogP contribution in [0.25, 0.3) is 17.0 Å². The molecule has 15 heavy (non-hydrogen) atoms. The Bertz CT molecular complexity index is 543. The minimum atomic E-state index is 0.961. The van der Waals surface area contributed by atoms with Gasteiger partial charge in [-0.2, -0.15) is 0 Å². The molecule has 0 saturated heterocycles. The maximum Gasteiger partial charge on any atom is 0.0941 e. The van der Waals surface area contributed by atoms with E-state index in [0.29, 0.717) is 0 Å². The Labute approximate surface area is 88.9 Å². The third kappa shape index (κ3) is 1.22. The molecule has 0 saturated carbocycles. The van der Waals surface area contributed by atoms with Crippen molar-refractivity contribution in [3.8, 4) is 0 Å². The summed E-state index contributed by atoms with van der Waals surface area (Å²) in [6.45, 7) is 0.961. The van der Waals surface area contributed by atoms with E-state index in [9.17, 15) is 0 Å². The first-order chi connectivity index (χ1) is 7.36. The van der Waals surface area contributed by atoms with E-state index in [0.717, 1.165) is 12.1 Å². The average molecular weight is 196 g/mol. The molecule has 1 aromatic heterocycles. The number of likely N-dealkylation sites (N-methyl/N-ethyl adjacent to an activating group) is 1. The molecule has 2 heterocycles. The normalized spacial score (nSPS) is 14.3. The van der Waals surface area contributed by atoms with E-state index >= 15 is 0 Å². The fourth-order valence-electron chi connectivity index (χ4n) is 2.11. The van der Waals surface area contributed by atoms with Gasteiger partial charge in [0.15, 0.2) is 0 Å². The van der Waals surface area contributed by atoms with E-state index < -0.39 is 0 Å². The Morgan fingerprint density at radius 3 is 3.13 bits per heavy atom. The summed E-state index contributed by atoms with van der Waals surface area (Å²) in [6, 6.07) is 8.37. The Hall–Kier alpha value is -1.83. The zero-order chi connectivity index (χ0) is 10.3. The molecule has 0 fully saturated rings. The molecule has 1 aliphatic heterocycles. The number of fused-ring (bicyclic) bond motifs is 3. The molecule has 0 N–H and O–H groups in total. The molecule has 0 spiro atoms. The standard InChI is InChI=1S/C13H12N2/c1-15-9-3-5-11-7-6-10-4-2-8-14-12(10)13(11)15/h2-8H,9H2,1H3. The number of hydrogen-bond acceptors (Lipinski definition) is 2. The molecular formula is C13H12N2. The Balaban J connectivity index is 2.41. The predicted octanol–water partition coefficient (Wildman–Crippen LogP) is 2.70. The Morgan fingerprint density at radius 2 is 2.20 bits per heavy atom. The van der Waals surface area contributed by atoms with Gasteiger partial charge in [0.1, 0.15) is 0 Å². The maximum absolute atomic E-state index is 4.47. The second-order valence-electron chi connectivity index (χ2n) is 3.86. The highest BCUT2D eigenvalue weighted by atomic mass is 15.1. The van der Waals surface area contributed by atoms with Gasteiger partial charge in [-0.25, -0.2) is 0 Å². The van der Waals surface area contributed by atoms with Crippen molar-refractivity contribution in [2.75, 3.05) is 18.5 Å². The van der Waals surface area contributed by atoms with Crippen LogP contribution < -0.4 is 4.90 Å². The number of rotatable bonds is 0. The smallest absolute Gasteiger partial charge is 0.0941 e. The van der Waals surface area contributed by atoms with E-state index in [1.807, 2.05) is 12.3 Å². The van der Waals surface area contributed by atoms with Crippen LogP contribution in [0.4, 0.5) is 5.69 Å². The second-order valence-corrected chi connectivity index (χ2v) is 3.86. The number of hydrogen-bond donors (Lipinski definition) is 0. The summed E-state index contributed by atoms with van der Waals surface area (Å²) >= 11 is 0. The van der Waals surface area contributed by atoms with Crippen LogP contribution in [0.3, 0.4) is 0 Å². The first kappa shape index (κ1) is 8.48. The van der Waals surface area contributed by atoms with Crippen molar-refractivity contribution in [1.29, 1.82) is 0 Å². The number of anilines is 1. The second kappa shape index (κ2) is 3.09. The van der Waals surface area contributed by atoms with Gasteiger partial charge in [0.2, 0.25) is 0 Å². The Kier molecular flexibility index (Phi) is 1.75. The third-order valence-corrected chi connectivity index (χ3v) is 2.84. The average Bonchev–Trinajstić information content (AvgIpc) is 2.29. The minimum Gasteiger partial charge on any atom is -0.369 e. The van der Waals surface area contributed by atoms with Gasteiger partial charge >= 0.3 is 0 Å². The van der Waals surface area contributed by atoms with Gasteiger partial charge in [0.05, 0.1) is 11.2 Å². The summed E-state index contributed by atoms with van der Waals surface area (Å²) in [4.78, 5) is 6.71. The van der Waals surface area contributed by atoms with E-state index in [1.54, 1.807) is 0 Å². The van der Waals surface area contributed by atoms with Crippen molar-refractivity contribution in [1.82, 2.24) is 4.98 Å². The topological polar surface area (TPSA) is 16.1 Å². The Morgan fingerprint density at radius 1 is 1.27 bits per heavy atom. The van der Waals surface area contributed by atoms with Gasteiger partial charge in [0.25, 0.3) is 0 Å². The fraction of sp³-hybridized carbons (Fsp3) is 0.154. The molecule has 0 bridgehead atoms. The molecule has 1 aliphatic rings. The number of benzene rings is 1. The van der Waals surface area contributed by atoms with Crippen molar-refractivity contribution in [3.05, 3.63) is 42.1 Å². The van der Waals surface area contributed by atoms with Gasteiger partial charge in [-0.1, -0.05) is 30.4 Å². The highest BCUT2D eigenvalue weighted by molar-refractivity contribution is 5.96. The molecule has 2 heteroatoms. The van der Waals surface area contributed by atoms with Crippen molar-refractivity contribution in [2.24, 2.45) is 0 Å². The van der Waals surface area contributed by atoms with Gasteiger partial charge in [-0.05, 0) is 11.6 Å². The van der Waals surface area contributed by atoms with Crippen molar-refractivity contribution < 1.29 is 0 Å². The quantitative estimate of drug-likeness (QED) is 0.644. The van der Waals surface area contributed by atoms with Gasteiger partial charge in [0, 0.05) is 25.2 Å². The molecule has 0 aliphatic carbocycles. The number of pyridine rings is 1. The molecule has 0 radical (unpaired) electrons. The molecule has 2 aromatic rings. The molecule has 74 valence electrons. The third-order valence-electron chi connectivity index (χ3n) is 2.84. The lowest BCUT2D eigenvalue weighted by Crippen LogP contribution is -2.20. The van der Waals surface area contributed by atoms with E-state index in [-0.39, 0.29) is 0 Å². The molecule has 0 atom stereocenters. The molecule has 3 rings (SSSR count). The molecular weight excluding hydrogens is 184 g/mol. The highest BCUT2D eigenvalue weighted by Crippen LogP contribution is 2.31. The summed E-state index contributed by atoms with van der Waals surface area (Å²) in [5.41, 5.74) is 3.60. The molecule has 0 amide bonds. The molecule has 0 unspecified atom stereocenters. The summed E-state index contributed by atoms with van der Waals surface area (Å²) in [6.07, 6.45) is 6.20. The van der Waals surface area contributed by atoms with Crippen molar-refractivity contribution in [2.45, 2.75) is 0 Å². The van der Waals surface area contributed by atoms with E-state index in [2.05, 4.69) is 47.3 Å².